The van der Waals surface area contributed by atoms with Crippen molar-refractivity contribution in [2.75, 3.05) is 25.1 Å². The molecule has 1 aromatic rings. The first-order chi connectivity index (χ1) is 9.84. The van der Waals surface area contributed by atoms with Crippen molar-refractivity contribution in [3.63, 3.8) is 0 Å². The minimum absolute atomic E-state index is 0.0202. The number of carbonyl (C=O) groups is 1. The molecule has 1 fully saturated rings. The predicted molar refractivity (Wildman–Crippen MR) is 77.9 cm³/mol. The van der Waals surface area contributed by atoms with Gasteiger partial charge in [0.2, 0.25) is 5.91 Å². The van der Waals surface area contributed by atoms with Gasteiger partial charge in [0.05, 0.1) is 18.1 Å². The lowest BCUT2D eigenvalue weighted by atomic mass is 10.2. The highest BCUT2D eigenvalue weighted by atomic mass is 32.2. The topological polar surface area (TPSA) is 66.5 Å². The Bertz CT molecular complexity index is 618. The monoisotopic (exact) mass is 314 g/mol. The van der Waals surface area contributed by atoms with E-state index >= 15 is 0 Å². The number of rotatable bonds is 5. The molecule has 1 heterocycles. The van der Waals surface area contributed by atoms with Crippen molar-refractivity contribution >= 4 is 15.7 Å². The van der Waals surface area contributed by atoms with E-state index in [0.717, 1.165) is 5.56 Å². The fourth-order valence-electron chi connectivity index (χ4n) is 2.43. The number of nitrogens with zero attached hydrogens (tertiary/aromatic N) is 1. The van der Waals surface area contributed by atoms with Crippen molar-refractivity contribution in [2.24, 2.45) is 0 Å². The quantitative estimate of drug-likeness (QED) is 0.862. The Morgan fingerprint density at radius 2 is 2.24 bits per heavy atom. The Hall–Kier alpha value is -1.47. The standard InChI is InChI=1S/C14H19FN2O3S/c1-17(8-11-3-2-4-12(15)7-11)9-14(18)16-13-5-6-21(19,20)10-13/h2-4,7,13H,5-6,8-10H2,1H3,(H,16,18)/t13-/m1/s1. The molecule has 0 spiro atoms. The molecule has 5 nitrogen and oxygen atoms in total. The first-order valence-corrected chi connectivity index (χ1v) is 8.59. The number of carbonyl (C=O) groups excluding carboxylic acids is 1. The summed E-state index contributed by atoms with van der Waals surface area (Å²) in [6.07, 6.45) is 0.474. The van der Waals surface area contributed by atoms with Gasteiger partial charge in [0, 0.05) is 12.6 Å². The summed E-state index contributed by atoms with van der Waals surface area (Å²) in [5.74, 6) is -0.360. The molecule has 21 heavy (non-hydrogen) atoms. The average Bonchev–Trinajstić information content (AvgIpc) is 2.67. The number of benzene rings is 1. The number of hydrogen-bond donors (Lipinski definition) is 1. The number of sulfone groups is 1. The van der Waals surface area contributed by atoms with Crippen LogP contribution < -0.4 is 5.32 Å². The smallest absolute Gasteiger partial charge is 0.234 e. The van der Waals surface area contributed by atoms with Crippen molar-refractivity contribution < 1.29 is 17.6 Å². The Balaban J connectivity index is 1.80. The Morgan fingerprint density at radius 1 is 1.48 bits per heavy atom. The van der Waals surface area contributed by atoms with E-state index in [2.05, 4.69) is 5.32 Å². The molecular weight excluding hydrogens is 295 g/mol. The van der Waals surface area contributed by atoms with E-state index in [1.807, 2.05) is 0 Å². The van der Waals surface area contributed by atoms with Gasteiger partial charge in [-0.05, 0) is 31.2 Å². The lowest BCUT2D eigenvalue weighted by Gasteiger charge is -2.18. The molecule has 0 aliphatic carbocycles. The number of likely N-dealkylation sites (N-methyl/N-ethyl adjacent to an activating group) is 1. The van der Waals surface area contributed by atoms with Gasteiger partial charge in [-0.15, -0.1) is 0 Å². The van der Waals surface area contributed by atoms with Crippen LogP contribution in [0, 0.1) is 5.82 Å². The van der Waals surface area contributed by atoms with Crippen LogP contribution in [-0.4, -0.2) is 50.4 Å². The molecule has 1 aromatic carbocycles. The second-order valence-corrected chi connectivity index (χ2v) is 7.70. The van der Waals surface area contributed by atoms with Crippen molar-refractivity contribution in [3.05, 3.63) is 35.6 Å². The molecule has 0 radical (unpaired) electrons. The van der Waals surface area contributed by atoms with Gasteiger partial charge in [-0.1, -0.05) is 12.1 Å². The van der Waals surface area contributed by atoms with Gasteiger partial charge in [0.15, 0.2) is 9.84 Å². The van der Waals surface area contributed by atoms with Crippen molar-refractivity contribution in [2.45, 2.75) is 19.0 Å². The zero-order valence-corrected chi connectivity index (χ0v) is 12.7. The fraction of sp³-hybridized carbons (Fsp3) is 0.500. The first-order valence-electron chi connectivity index (χ1n) is 6.77. The number of halogens is 1. The fourth-order valence-corrected chi connectivity index (χ4v) is 4.10. The van der Waals surface area contributed by atoms with E-state index in [9.17, 15) is 17.6 Å². The zero-order chi connectivity index (χ0) is 15.5. The van der Waals surface area contributed by atoms with Crippen LogP contribution in [0.25, 0.3) is 0 Å². The molecule has 0 bridgehead atoms. The summed E-state index contributed by atoms with van der Waals surface area (Å²) in [4.78, 5) is 13.6. The lowest BCUT2D eigenvalue weighted by Crippen LogP contribution is -2.41. The number of hydrogen-bond acceptors (Lipinski definition) is 4. The van der Waals surface area contributed by atoms with Gasteiger partial charge in [0.1, 0.15) is 5.82 Å². The summed E-state index contributed by atoms with van der Waals surface area (Å²) in [6.45, 7) is 0.598. The molecule has 1 amide bonds. The van der Waals surface area contributed by atoms with E-state index in [-0.39, 0.29) is 35.8 Å². The Kier molecular flexibility index (Phi) is 4.95. The molecule has 1 atom stereocenters. The van der Waals surface area contributed by atoms with Crippen LogP contribution in [0.15, 0.2) is 24.3 Å². The van der Waals surface area contributed by atoms with E-state index in [1.54, 1.807) is 24.1 Å². The van der Waals surface area contributed by atoms with Crippen LogP contribution >= 0.6 is 0 Å². The van der Waals surface area contributed by atoms with Gasteiger partial charge in [-0.2, -0.15) is 0 Å². The molecule has 116 valence electrons. The van der Waals surface area contributed by atoms with Crippen LogP contribution in [0.4, 0.5) is 4.39 Å². The normalized spacial score (nSPS) is 20.6. The third kappa shape index (κ3) is 5.09. The first kappa shape index (κ1) is 15.9. The highest BCUT2D eigenvalue weighted by Crippen LogP contribution is 2.11. The van der Waals surface area contributed by atoms with Gasteiger partial charge in [-0.25, -0.2) is 12.8 Å². The maximum atomic E-state index is 13.1. The largest absolute Gasteiger partial charge is 0.351 e. The van der Waals surface area contributed by atoms with E-state index < -0.39 is 9.84 Å². The summed E-state index contributed by atoms with van der Waals surface area (Å²) >= 11 is 0. The molecule has 1 aliphatic rings. The Labute approximate surface area is 124 Å². The molecule has 2 rings (SSSR count). The van der Waals surface area contributed by atoms with Crippen LogP contribution in [0.5, 0.6) is 0 Å². The van der Waals surface area contributed by atoms with Gasteiger partial charge in [0.25, 0.3) is 0 Å². The molecule has 1 N–H and O–H groups in total. The molecule has 0 aromatic heterocycles. The lowest BCUT2D eigenvalue weighted by molar-refractivity contribution is -0.122. The second kappa shape index (κ2) is 6.53. The van der Waals surface area contributed by atoms with Crippen LogP contribution in [0.1, 0.15) is 12.0 Å². The van der Waals surface area contributed by atoms with Crippen LogP contribution in [-0.2, 0) is 21.2 Å². The van der Waals surface area contributed by atoms with Gasteiger partial charge >= 0.3 is 0 Å². The number of nitrogens with one attached hydrogen (secondary N) is 1. The maximum Gasteiger partial charge on any atom is 0.234 e. The average molecular weight is 314 g/mol. The third-order valence-corrected chi connectivity index (χ3v) is 5.12. The summed E-state index contributed by atoms with van der Waals surface area (Å²) < 4.78 is 35.7. The van der Waals surface area contributed by atoms with Gasteiger partial charge < -0.3 is 5.32 Å². The van der Waals surface area contributed by atoms with Crippen molar-refractivity contribution in [1.29, 1.82) is 0 Å². The van der Waals surface area contributed by atoms with Crippen molar-refractivity contribution in [3.8, 4) is 0 Å². The highest BCUT2D eigenvalue weighted by Gasteiger charge is 2.28. The van der Waals surface area contributed by atoms with E-state index in [0.29, 0.717) is 13.0 Å². The molecule has 0 unspecified atom stereocenters. The van der Waals surface area contributed by atoms with Gasteiger partial charge in [-0.3, -0.25) is 9.69 Å². The zero-order valence-electron chi connectivity index (χ0n) is 11.9. The SMILES string of the molecule is CN(CC(=O)N[C@@H]1CCS(=O)(=O)C1)Cc1cccc(F)c1. The number of amides is 1. The van der Waals surface area contributed by atoms with E-state index in [1.165, 1.54) is 12.1 Å². The summed E-state index contributed by atoms with van der Waals surface area (Å²) in [7, 11) is -1.23. The van der Waals surface area contributed by atoms with Crippen LogP contribution in [0.2, 0.25) is 0 Å². The maximum absolute atomic E-state index is 13.1. The van der Waals surface area contributed by atoms with E-state index in [4.69, 9.17) is 0 Å². The molecular formula is C14H19FN2O3S. The highest BCUT2D eigenvalue weighted by molar-refractivity contribution is 7.91. The second-order valence-electron chi connectivity index (χ2n) is 5.47. The third-order valence-electron chi connectivity index (χ3n) is 3.35. The van der Waals surface area contributed by atoms with Crippen LogP contribution in [0.3, 0.4) is 0 Å². The summed E-state index contributed by atoms with van der Waals surface area (Å²) in [6, 6.07) is 5.93. The molecule has 7 heteroatoms. The molecule has 0 saturated carbocycles. The summed E-state index contributed by atoms with van der Waals surface area (Å²) in [5, 5.41) is 2.73. The Morgan fingerprint density at radius 3 is 2.86 bits per heavy atom. The summed E-state index contributed by atoms with van der Waals surface area (Å²) in [5.41, 5.74) is 0.786. The minimum atomic E-state index is -2.99. The van der Waals surface area contributed by atoms with Crippen molar-refractivity contribution in [1.82, 2.24) is 10.2 Å². The molecule has 1 aliphatic heterocycles. The molecule has 1 saturated heterocycles. The predicted octanol–water partition coefficient (Wildman–Crippen LogP) is 0.561. The minimum Gasteiger partial charge on any atom is -0.351 e.